The van der Waals surface area contributed by atoms with E-state index in [1.807, 2.05) is 29.2 Å². The second kappa shape index (κ2) is 11.7. The lowest BCUT2D eigenvalue weighted by Crippen LogP contribution is -2.58. The number of carbonyl (C=O) groups excluding carboxylic acids is 2. The molecule has 0 radical (unpaired) electrons. The van der Waals surface area contributed by atoms with Gasteiger partial charge in [0.2, 0.25) is 5.91 Å². The van der Waals surface area contributed by atoms with E-state index in [2.05, 4.69) is 10.2 Å². The summed E-state index contributed by atoms with van der Waals surface area (Å²) in [6, 6.07) is 14.9. The number of ether oxygens (including phenoxy) is 1. The highest BCUT2D eigenvalue weighted by molar-refractivity contribution is 6.30. The number of piperazine rings is 1. The topological polar surface area (TPSA) is 61.9 Å². The number of methoxy groups -OCH3 is 1. The van der Waals surface area contributed by atoms with Crippen molar-refractivity contribution in [3.8, 4) is 5.75 Å². The summed E-state index contributed by atoms with van der Waals surface area (Å²) in [6.07, 6.45) is 5.36. The van der Waals surface area contributed by atoms with E-state index < -0.39 is 0 Å². The Morgan fingerprint density at radius 2 is 1.65 bits per heavy atom. The van der Waals surface area contributed by atoms with Gasteiger partial charge in [0.25, 0.3) is 5.91 Å². The molecular formula is C27H34ClN3O3. The molecule has 1 saturated heterocycles. The second-order valence-electron chi connectivity index (χ2n) is 9.21. The predicted molar refractivity (Wildman–Crippen MR) is 134 cm³/mol. The van der Waals surface area contributed by atoms with Crippen LogP contribution in [-0.4, -0.2) is 67.5 Å². The summed E-state index contributed by atoms with van der Waals surface area (Å²) in [5.41, 5.74) is 1.83. The van der Waals surface area contributed by atoms with Crippen LogP contribution in [0.4, 0.5) is 0 Å². The van der Waals surface area contributed by atoms with Gasteiger partial charge in [0.05, 0.1) is 13.2 Å². The summed E-state index contributed by atoms with van der Waals surface area (Å²) in [6.45, 7) is 3.30. The Bertz CT molecular complexity index is 950. The fourth-order valence-corrected chi connectivity index (χ4v) is 5.28. The molecule has 1 aliphatic heterocycles. The van der Waals surface area contributed by atoms with Gasteiger partial charge in [0.15, 0.2) is 0 Å². The highest BCUT2D eigenvalue weighted by Gasteiger charge is 2.37. The minimum Gasteiger partial charge on any atom is -0.497 e. The molecule has 1 N–H and O–H groups in total. The maximum Gasteiger partial charge on any atom is 0.253 e. The Morgan fingerprint density at radius 3 is 2.26 bits per heavy atom. The molecule has 2 aliphatic rings. The molecule has 1 heterocycles. The van der Waals surface area contributed by atoms with Crippen molar-refractivity contribution >= 4 is 23.4 Å². The SMILES string of the molecule is COc1ccc(CCNC(=O)C(C2CCCC2)N2CCN(C(=O)c3ccc(Cl)cc3)CC2)cc1. The van der Waals surface area contributed by atoms with E-state index >= 15 is 0 Å². The van der Waals surface area contributed by atoms with Gasteiger partial charge >= 0.3 is 0 Å². The van der Waals surface area contributed by atoms with E-state index in [9.17, 15) is 9.59 Å². The zero-order valence-electron chi connectivity index (χ0n) is 19.8. The highest BCUT2D eigenvalue weighted by Crippen LogP contribution is 2.31. The smallest absolute Gasteiger partial charge is 0.253 e. The van der Waals surface area contributed by atoms with Crippen molar-refractivity contribution in [2.75, 3.05) is 39.8 Å². The third-order valence-electron chi connectivity index (χ3n) is 7.07. The molecule has 1 aliphatic carbocycles. The average Bonchev–Trinajstić information content (AvgIpc) is 3.39. The van der Waals surface area contributed by atoms with Gasteiger partial charge in [-0.15, -0.1) is 0 Å². The van der Waals surface area contributed by atoms with Crippen LogP contribution in [0.25, 0.3) is 0 Å². The van der Waals surface area contributed by atoms with Crippen molar-refractivity contribution in [3.05, 3.63) is 64.7 Å². The normalized spacial score (nSPS) is 18.0. The van der Waals surface area contributed by atoms with Crippen molar-refractivity contribution in [2.45, 2.75) is 38.1 Å². The van der Waals surface area contributed by atoms with Gasteiger partial charge in [-0.2, -0.15) is 0 Å². The first-order chi connectivity index (χ1) is 16.5. The minimum atomic E-state index is -0.119. The van der Waals surface area contributed by atoms with Crippen molar-refractivity contribution < 1.29 is 14.3 Å². The molecule has 6 nitrogen and oxygen atoms in total. The monoisotopic (exact) mass is 483 g/mol. The Labute approximate surface area is 207 Å². The summed E-state index contributed by atoms with van der Waals surface area (Å²) in [5.74, 6) is 1.37. The number of benzene rings is 2. The fraction of sp³-hybridized carbons (Fsp3) is 0.481. The predicted octanol–water partition coefficient (Wildman–Crippen LogP) is 4.02. The Kier molecular flexibility index (Phi) is 8.46. The summed E-state index contributed by atoms with van der Waals surface area (Å²) in [7, 11) is 1.66. The maximum absolute atomic E-state index is 13.3. The van der Waals surface area contributed by atoms with Crippen LogP contribution >= 0.6 is 11.6 Å². The Morgan fingerprint density at radius 1 is 1.00 bits per heavy atom. The third-order valence-corrected chi connectivity index (χ3v) is 7.32. The van der Waals surface area contributed by atoms with E-state index in [0.29, 0.717) is 49.2 Å². The number of carbonyl (C=O) groups is 2. The standard InChI is InChI=1S/C27H34ClN3O3/c1-34-24-12-6-20(7-13-24)14-15-29-26(32)25(21-4-2-3-5-21)30-16-18-31(19-17-30)27(33)22-8-10-23(28)11-9-22/h6-13,21,25H,2-5,14-19H2,1H3,(H,29,32). The molecule has 2 fully saturated rings. The summed E-state index contributed by atoms with van der Waals surface area (Å²) in [5, 5.41) is 3.82. The lowest BCUT2D eigenvalue weighted by atomic mass is 9.94. The number of rotatable bonds is 8. The molecule has 1 saturated carbocycles. The van der Waals surface area contributed by atoms with Crippen LogP contribution in [0, 0.1) is 5.92 Å². The first-order valence-corrected chi connectivity index (χ1v) is 12.6. The van der Waals surface area contributed by atoms with Crippen molar-refractivity contribution in [2.24, 2.45) is 5.92 Å². The summed E-state index contributed by atoms with van der Waals surface area (Å²) in [4.78, 5) is 30.4. The highest BCUT2D eigenvalue weighted by atomic mass is 35.5. The lowest BCUT2D eigenvalue weighted by molar-refractivity contribution is -0.129. The number of nitrogens with zero attached hydrogens (tertiary/aromatic N) is 2. The molecule has 0 aromatic heterocycles. The van der Waals surface area contributed by atoms with Crippen LogP contribution in [0.2, 0.25) is 5.02 Å². The molecule has 7 heteroatoms. The average molecular weight is 484 g/mol. The molecule has 0 bridgehead atoms. The zero-order chi connectivity index (χ0) is 23.9. The number of hydrogen-bond donors (Lipinski definition) is 1. The largest absolute Gasteiger partial charge is 0.497 e. The number of halogens is 1. The zero-order valence-corrected chi connectivity index (χ0v) is 20.6. The van der Waals surface area contributed by atoms with Crippen LogP contribution in [0.3, 0.4) is 0 Å². The van der Waals surface area contributed by atoms with Crippen LogP contribution < -0.4 is 10.1 Å². The van der Waals surface area contributed by atoms with Gasteiger partial charge in [0, 0.05) is 43.3 Å². The van der Waals surface area contributed by atoms with E-state index in [0.717, 1.165) is 25.0 Å². The van der Waals surface area contributed by atoms with Crippen molar-refractivity contribution in [1.82, 2.24) is 15.1 Å². The third kappa shape index (κ3) is 6.10. The molecule has 1 unspecified atom stereocenters. The summed E-state index contributed by atoms with van der Waals surface area (Å²) < 4.78 is 5.21. The number of amides is 2. The molecular weight excluding hydrogens is 450 g/mol. The van der Waals surface area contributed by atoms with Crippen LogP contribution in [0.1, 0.15) is 41.6 Å². The van der Waals surface area contributed by atoms with Gasteiger partial charge in [-0.05, 0) is 67.1 Å². The molecule has 2 aromatic carbocycles. The van der Waals surface area contributed by atoms with Crippen molar-refractivity contribution in [1.29, 1.82) is 0 Å². The maximum atomic E-state index is 13.3. The van der Waals surface area contributed by atoms with Gasteiger partial charge < -0.3 is 15.0 Å². The molecule has 0 spiro atoms. The van der Waals surface area contributed by atoms with E-state index in [1.165, 1.54) is 18.4 Å². The molecule has 1 atom stereocenters. The Hall–Kier alpha value is -2.57. The van der Waals surface area contributed by atoms with Crippen LogP contribution in [-0.2, 0) is 11.2 Å². The van der Waals surface area contributed by atoms with Gasteiger partial charge in [0.1, 0.15) is 5.75 Å². The van der Waals surface area contributed by atoms with Gasteiger partial charge in [-0.25, -0.2) is 0 Å². The van der Waals surface area contributed by atoms with Gasteiger partial charge in [-0.1, -0.05) is 36.6 Å². The minimum absolute atomic E-state index is 0.0256. The van der Waals surface area contributed by atoms with Crippen molar-refractivity contribution in [3.63, 3.8) is 0 Å². The van der Waals surface area contributed by atoms with Crippen LogP contribution in [0.15, 0.2) is 48.5 Å². The lowest BCUT2D eigenvalue weighted by Gasteiger charge is -2.40. The van der Waals surface area contributed by atoms with Gasteiger partial charge in [-0.3, -0.25) is 14.5 Å². The van der Waals surface area contributed by atoms with E-state index in [-0.39, 0.29) is 17.9 Å². The van der Waals surface area contributed by atoms with E-state index in [4.69, 9.17) is 16.3 Å². The quantitative estimate of drug-likeness (QED) is 0.616. The number of nitrogens with one attached hydrogen (secondary N) is 1. The molecule has 2 amide bonds. The van der Waals surface area contributed by atoms with E-state index in [1.54, 1.807) is 31.4 Å². The molecule has 2 aromatic rings. The first kappa shape index (κ1) is 24.6. The van der Waals surface area contributed by atoms with Crippen LogP contribution in [0.5, 0.6) is 5.75 Å². The fourth-order valence-electron chi connectivity index (χ4n) is 5.16. The second-order valence-corrected chi connectivity index (χ2v) is 9.65. The molecule has 4 rings (SSSR count). The molecule has 34 heavy (non-hydrogen) atoms. The first-order valence-electron chi connectivity index (χ1n) is 12.2. The summed E-state index contributed by atoms with van der Waals surface area (Å²) >= 11 is 5.96. The molecule has 182 valence electrons. The number of hydrogen-bond acceptors (Lipinski definition) is 4. The Balaban J connectivity index is 1.33.